The highest BCUT2D eigenvalue weighted by Crippen LogP contribution is 2.43. The van der Waals surface area contributed by atoms with E-state index >= 15 is 0 Å². The molecule has 0 saturated carbocycles. The molecular formula is C16H25NO2. The van der Waals surface area contributed by atoms with Crippen LogP contribution in [0.3, 0.4) is 0 Å². The minimum atomic E-state index is 0.0470. The fraction of sp³-hybridized carbons (Fsp3) is 0.625. The molecule has 3 nitrogen and oxygen atoms in total. The highest BCUT2D eigenvalue weighted by molar-refractivity contribution is 5.53. The van der Waals surface area contributed by atoms with Gasteiger partial charge in [-0.25, -0.2) is 0 Å². The second kappa shape index (κ2) is 5.04. The van der Waals surface area contributed by atoms with Gasteiger partial charge in [0, 0.05) is 17.2 Å². The second-order valence-corrected chi connectivity index (χ2v) is 6.53. The summed E-state index contributed by atoms with van der Waals surface area (Å²) < 4.78 is 11.4. The van der Waals surface area contributed by atoms with Crippen molar-refractivity contribution in [3.05, 3.63) is 23.3 Å². The van der Waals surface area contributed by atoms with Crippen molar-refractivity contribution in [2.75, 3.05) is 13.7 Å². The van der Waals surface area contributed by atoms with Gasteiger partial charge in [0.2, 0.25) is 0 Å². The summed E-state index contributed by atoms with van der Waals surface area (Å²) in [5, 5.41) is 3.55. The first-order chi connectivity index (χ1) is 8.82. The third kappa shape index (κ3) is 2.86. The molecule has 2 rings (SSSR count). The molecule has 0 saturated heterocycles. The Morgan fingerprint density at radius 2 is 2.00 bits per heavy atom. The Bertz CT molecular complexity index is 461. The first-order valence-electron chi connectivity index (χ1n) is 6.94. The van der Waals surface area contributed by atoms with Gasteiger partial charge in [-0.3, -0.25) is 0 Å². The van der Waals surface area contributed by atoms with Crippen molar-refractivity contribution in [2.24, 2.45) is 0 Å². The average molecular weight is 263 g/mol. The number of fused-ring (bicyclic) bond motifs is 1. The molecule has 1 N–H and O–H groups in total. The van der Waals surface area contributed by atoms with Gasteiger partial charge in [-0.15, -0.1) is 0 Å². The van der Waals surface area contributed by atoms with Crippen LogP contribution in [0.25, 0.3) is 0 Å². The summed E-state index contributed by atoms with van der Waals surface area (Å²) in [5.41, 5.74) is 2.48. The van der Waals surface area contributed by atoms with Gasteiger partial charge in [-0.1, -0.05) is 34.6 Å². The Labute approximate surface area is 116 Å². The van der Waals surface area contributed by atoms with Crippen molar-refractivity contribution in [1.29, 1.82) is 0 Å². The van der Waals surface area contributed by atoms with E-state index in [1.54, 1.807) is 7.11 Å². The minimum absolute atomic E-state index is 0.0470. The van der Waals surface area contributed by atoms with E-state index in [-0.39, 0.29) is 11.5 Å². The Kier molecular flexibility index (Phi) is 3.77. The number of ether oxygens (including phenoxy) is 2. The lowest BCUT2D eigenvalue weighted by molar-refractivity contribution is 0.298. The molecule has 0 fully saturated rings. The molecule has 0 radical (unpaired) electrons. The van der Waals surface area contributed by atoms with Gasteiger partial charge in [0.15, 0.2) is 0 Å². The van der Waals surface area contributed by atoms with Gasteiger partial charge in [0.1, 0.15) is 18.1 Å². The minimum Gasteiger partial charge on any atom is -0.497 e. The van der Waals surface area contributed by atoms with E-state index in [4.69, 9.17) is 9.47 Å². The van der Waals surface area contributed by atoms with Crippen LogP contribution in [0.15, 0.2) is 12.1 Å². The van der Waals surface area contributed by atoms with Gasteiger partial charge < -0.3 is 14.8 Å². The van der Waals surface area contributed by atoms with Crippen molar-refractivity contribution >= 4 is 0 Å². The van der Waals surface area contributed by atoms with Crippen LogP contribution in [0.2, 0.25) is 0 Å². The van der Waals surface area contributed by atoms with E-state index in [1.165, 1.54) is 11.1 Å². The number of benzene rings is 1. The predicted molar refractivity (Wildman–Crippen MR) is 78.2 cm³/mol. The molecule has 19 heavy (non-hydrogen) atoms. The second-order valence-electron chi connectivity index (χ2n) is 6.53. The molecule has 0 spiro atoms. The molecule has 1 atom stereocenters. The highest BCUT2D eigenvalue weighted by atomic mass is 16.5. The van der Waals surface area contributed by atoms with Crippen LogP contribution in [0.5, 0.6) is 11.5 Å². The maximum atomic E-state index is 5.95. The van der Waals surface area contributed by atoms with E-state index in [0.717, 1.165) is 11.5 Å². The normalized spacial score (nSPS) is 18.4. The summed E-state index contributed by atoms with van der Waals surface area (Å²) in [4.78, 5) is 0. The van der Waals surface area contributed by atoms with Crippen LogP contribution in [0, 0.1) is 0 Å². The molecule has 1 unspecified atom stereocenters. The Balaban J connectivity index is 2.47. The largest absolute Gasteiger partial charge is 0.497 e. The smallest absolute Gasteiger partial charge is 0.128 e. The first kappa shape index (κ1) is 14.2. The van der Waals surface area contributed by atoms with Gasteiger partial charge in [0.25, 0.3) is 0 Å². The molecule has 3 heteroatoms. The van der Waals surface area contributed by atoms with E-state index in [2.05, 4.69) is 52.1 Å². The third-order valence-electron chi connectivity index (χ3n) is 3.44. The molecule has 1 aromatic rings. The van der Waals surface area contributed by atoms with Gasteiger partial charge in [0.05, 0.1) is 13.2 Å². The van der Waals surface area contributed by atoms with Crippen LogP contribution < -0.4 is 14.8 Å². The molecule has 0 amide bonds. The van der Waals surface area contributed by atoms with Crippen molar-refractivity contribution in [1.82, 2.24) is 5.32 Å². The lowest BCUT2D eigenvalue weighted by Gasteiger charge is -2.23. The van der Waals surface area contributed by atoms with Gasteiger partial charge >= 0.3 is 0 Å². The molecule has 1 aromatic carbocycles. The summed E-state index contributed by atoms with van der Waals surface area (Å²) in [6.07, 6.45) is 0. The molecular weight excluding hydrogens is 238 g/mol. The summed E-state index contributed by atoms with van der Waals surface area (Å²) in [6.45, 7) is 11.6. The third-order valence-corrected chi connectivity index (χ3v) is 3.44. The predicted octanol–water partition coefficient (Wildman–Crippen LogP) is 3.42. The van der Waals surface area contributed by atoms with Crippen LogP contribution in [-0.2, 0) is 5.41 Å². The van der Waals surface area contributed by atoms with E-state index < -0.39 is 0 Å². The lowest BCUT2D eigenvalue weighted by Crippen LogP contribution is -2.28. The highest BCUT2D eigenvalue weighted by Gasteiger charge is 2.31. The quantitative estimate of drug-likeness (QED) is 0.906. The Morgan fingerprint density at radius 1 is 1.32 bits per heavy atom. The summed E-state index contributed by atoms with van der Waals surface area (Å²) in [6, 6.07) is 4.88. The van der Waals surface area contributed by atoms with Gasteiger partial charge in [-0.05, 0) is 17.5 Å². The zero-order valence-electron chi connectivity index (χ0n) is 12.8. The SMILES string of the molecule is COc1cc2c(c(C(C)(C)C)c1)OCC2NC(C)C. The zero-order chi connectivity index (χ0) is 14.2. The van der Waals surface area contributed by atoms with Crippen LogP contribution in [0.1, 0.15) is 51.8 Å². The number of hydrogen-bond donors (Lipinski definition) is 1. The molecule has 0 bridgehead atoms. The number of hydrogen-bond acceptors (Lipinski definition) is 3. The van der Waals surface area contributed by atoms with Crippen molar-refractivity contribution in [3.8, 4) is 11.5 Å². The Morgan fingerprint density at radius 3 is 2.53 bits per heavy atom. The van der Waals surface area contributed by atoms with Crippen molar-refractivity contribution < 1.29 is 9.47 Å². The van der Waals surface area contributed by atoms with Crippen molar-refractivity contribution in [2.45, 2.75) is 52.1 Å². The number of methoxy groups -OCH3 is 1. The topological polar surface area (TPSA) is 30.5 Å². The van der Waals surface area contributed by atoms with E-state index in [1.807, 2.05) is 0 Å². The number of nitrogens with one attached hydrogen (secondary N) is 1. The Hall–Kier alpha value is -1.22. The van der Waals surface area contributed by atoms with Crippen LogP contribution >= 0.6 is 0 Å². The van der Waals surface area contributed by atoms with Gasteiger partial charge in [-0.2, -0.15) is 0 Å². The molecule has 0 aromatic heterocycles. The van der Waals surface area contributed by atoms with E-state index in [0.29, 0.717) is 12.6 Å². The van der Waals surface area contributed by atoms with E-state index in [9.17, 15) is 0 Å². The average Bonchev–Trinajstić information content (AvgIpc) is 2.69. The maximum Gasteiger partial charge on any atom is 0.128 e. The molecule has 0 aliphatic carbocycles. The maximum absolute atomic E-state index is 5.95. The fourth-order valence-electron chi connectivity index (χ4n) is 2.52. The monoisotopic (exact) mass is 263 g/mol. The number of rotatable bonds is 3. The summed E-state index contributed by atoms with van der Waals surface area (Å²) in [5.74, 6) is 1.94. The fourth-order valence-corrected chi connectivity index (χ4v) is 2.52. The molecule has 1 aliphatic rings. The molecule has 1 heterocycles. The van der Waals surface area contributed by atoms with Crippen LogP contribution in [0.4, 0.5) is 0 Å². The molecule has 106 valence electrons. The first-order valence-corrected chi connectivity index (χ1v) is 6.94. The van der Waals surface area contributed by atoms with Crippen LogP contribution in [-0.4, -0.2) is 19.8 Å². The summed E-state index contributed by atoms with van der Waals surface area (Å²) in [7, 11) is 1.72. The molecule has 1 aliphatic heterocycles. The van der Waals surface area contributed by atoms with Crippen molar-refractivity contribution in [3.63, 3.8) is 0 Å². The lowest BCUT2D eigenvalue weighted by atomic mass is 9.84. The standard InChI is InChI=1S/C16H25NO2/c1-10(2)17-14-9-19-15-12(14)7-11(18-6)8-13(15)16(3,4)5/h7-8,10,14,17H,9H2,1-6H3. The summed E-state index contributed by atoms with van der Waals surface area (Å²) >= 11 is 0. The zero-order valence-corrected chi connectivity index (χ0v) is 12.8.